The van der Waals surface area contributed by atoms with Crippen molar-refractivity contribution in [3.63, 3.8) is 0 Å². The number of benzene rings is 1. The van der Waals surface area contributed by atoms with Crippen molar-refractivity contribution in [1.82, 2.24) is 24.8 Å². The molecule has 0 amide bonds. The Morgan fingerprint density at radius 1 is 1.09 bits per heavy atom. The first-order valence-corrected chi connectivity index (χ1v) is 11.1. The SMILES string of the molecule is CC(C)[C@H]1[C@H](C)NC(O)N1c1ccnc(N[C@@H](C)c2cn(-c3ccc(C(F)(F)F)cc3)cn2)n1. The third kappa shape index (κ3) is 4.85. The van der Waals surface area contributed by atoms with E-state index in [9.17, 15) is 18.3 Å². The lowest BCUT2D eigenvalue weighted by molar-refractivity contribution is -0.137. The van der Waals surface area contributed by atoms with E-state index < -0.39 is 18.1 Å². The monoisotopic (exact) mass is 475 g/mol. The minimum atomic E-state index is -4.37. The Labute approximate surface area is 195 Å². The predicted octanol–water partition coefficient (Wildman–Crippen LogP) is 3.95. The highest BCUT2D eigenvalue weighted by molar-refractivity contribution is 5.46. The quantitative estimate of drug-likeness (QED) is 0.497. The molecule has 34 heavy (non-hydrogen) atoms. The van der Waals surface area contributed by atoms with E-state index >= 15 is 0 Å². The normalized spacial score (nSPS) is 21.8. The summed E-state index contributed by atoms with van der Waals surface area (Å²) < 4.78 is 40.1. The molecule has 0 radical (unpaired) electrons. The third-order valence-electron chi connectivity index (χ3n) is 5.98. The first-order chi connectivity index (χ1) is 16.0. The maximum Gasteiger partial charge on any atom is 0.416 e. The zero-order chi connectivity index (χ0) is 24.6. The van der Waals surface area contributed by atoms with Gasteiger partial charge in [-0.3, -0.25) is 5.32 Å². The zero-order valence-electron chi connectivity index (χ0n) is 19.3. The van der Waals surface area contributed by atoms with Gasteiger partial charge in [-0.1, -0.05) is 13.8 Å². The number of halogens is 3. The van der Waals surface area contributed by atoms with Gasteiger partial charge in [0.25, 0.3) is 0 Å². The van der Waals surface area contributed by atoms with Gasteiger partial charge >= 0.3 is 6.18 Å². The average Bonchev–Trinajstić information content (AvgIpc) is 3.38. The molecular weight excluding hydrogens is 447 g/mol. The summed E-state index contributed by atoms with van der Waals surface area (Å²) in [6.07, 6.45) is -0.295. The van der Waals surface area contributed by atoms with Gasteiger partial charge < -0.3 is 19.9 Å². The van der Waals surface area contributed by atoms with E-state index in [1.165, 1.54) is 12.1 Å². The standard InChI is InChI=1S/C23H28F3N7O/c1-13(2)20-15(4)30-22(34)33(20)19-9-10-27-21(31-19)29-14(3)18-11-32(12-28-18)17-7-5-16(6-8-17)23(24,25)26/h5-15,20,22,30,34H,1-4H3,(H,27,29,31)/t14-,15-,20-,22?/m0/s1. The van der Waals surface area contributed by atoms with E-state index in [-0.39, 0.29) is 18.1 Å². The lowest BCUT2D eigenvalue weighted by Crippen LogP contribution is -2.42. The van der Waals surface area contributed by atoms with Crippen LogP contribution in [-0.4, -0.2) is 43.1 Å². The Balaban J connectivity index is 1.49. The molecule has 1 unspecified atom stereocenters. The smallest absolute Gasteiger partial charge is 0.361 e. The summed E-state index contributed by atoms with van der Waals surface area (Å²) in [4.78, 5) is 15.1. The van der Waals surface area contributed by atoms with Crippen molar-refractivity contribution in [1.29, 1.82) is 0 Å². The number of nitrogens with one attached hydrogen (secondary N) is 2. The second-order valence-electron chi connectivity index (χ2n) is 8.83. The van der Waals surface area contributed by atoms with E-state index in [2.05, 4.69) is 39.4 Å². The summed E-state index contributed by atoms with van der Waals surface area (Å²) in [6.45, 7) is 8.12. The molecule has 0 spiro atoms. The van der Waals surface area contributed by atoms with E-state index in [4.69, 9.17) is 0 Å². The number of hydrogen-bond acceptors (Lipinski definition) is 7. The van der Waals surface area contributed by atoms with Crippen molar-refractivity contribution < 1.29 is 18.3 Å². The Morgan fingerprint density at radius 2 is 1.79 bits per heavy atom. The molecule has 2 aromatic heterocycles. The van der Waals surface area contributed by atoms with Crippen LogP contribution in [0.2, 0.25) is 0 Å². The molecule has 1 fully saturated rings. The van der Waals surface area contributed by atoms with Gasteiger partial charge in [-0.05, 0) is 50.1 Å². The summed E-state index contributed by atoms with van der Waals surface area (Å²) in [5.74, 6) is 1.27. The van der Waals surface area contributed by atoms with Crippen molar-refractivity contribution in [3.8, 4) is 5.69 Å². The second-order valence-corrected chi connectivity index (χ2v) is 8.83. The second kappa shape index (κ2) is 9.22. The van der Waals surface area contributed by atoms with Gasteiger partial charge in [0.15, 0.2) is 6.35 Å². The van der Waals surface area contributed by atoms with Crippen LogP contribution in [-0.2, 0) is 6.18 Å². The molecule has 1 aliphatic heterocycles. The molecule has 8 nitrogen and oxygen atoms in total. The number of nitrogens with zero attached hydrogens (tertiary/aromatic N) is 5. The molecule has 0 aliphatic carbocycles. The van der Waals surface area contributed by atoms with E-state index in [0.717, 1.165) is 12.1 Å². The van der Waals surface area contributed by atoms with E-state index in [1.807, 2.05) is 18.7 Å². The minimum absolute atomic E-state index is 0.0645. The third-order valence-corrected chi connectivity index (χ3v) is 5.98. The average molecular weight is 476 g/mol. The van der Waals surface area contributed by atoms with Crippen LogP contribution in [0.25, 0.3) is 5.69 Å². The summed E-state index contributed by atoms with van der Waals surface area (Å²) in [5, 5.41) is 16.9. The molecule has 0 bridgehead atoms. The molecule has 11 heteroatoms. The molecule has 3 N–H and O–H groups in total. The maximum absolute atomic E-state index is 12.8. The summed E-state index contributed by atoms with van der Waals surface area (Å²) in [6, 6.07) is 6.54. The summed E-state index contributed by atoms with van der Waals surface area (Å²) in [5.41, 5.74) is 0.545. The molecule has 4 rings (SSSR count). The van der Waals surface area contributed by atoms with Crippen molar-refractivity contribution in [2.75, 3.05) is 10.2 Å². The Bertz CT molecular complexity index is 1120. The van der Waals surface area contributed by atoms with Gasteiger partial charge in [0.05, 0.1) is 29.7 Å². The van der Waals surface area contributed by atoms with Crippen LogP contribution in [0.15, 0.2) is 49.1 Å². The highest BCUT2D eigenvalue weighted by atomic mass is 19.4. The first-order valence-electron chi connectivity index (χ1n) is 11.1. The van der Waals surface area contributed by atoms with Crippen molar-refractivity contribution in [3.05, 3.63) is 60.3 Å². The highest BCUT2D eigenvalue weighted by Crippen LogP contribution is 2.30. The maximum atomic E-state index is 12.8. The van der Waals surface area contributed by atoms with Gasteiger partial charge in [0, 0.05) is 24.1 Å². The molecule has 1 aromatic carbocycles. The number of anilines is 2. The van der Waals surface area contributed by atoms with Crippen LogP contribution in [0.1, 0.15) is 45.0 Å². The largest absolute Gasteiger partial charge is 0.416 e. The molecule has 1 aliphatic rings. The van der Waals surface area contributed by atoms with Gasteiger partial charge in [-0.2, -0.15) is 18.2 Å². The topological polar surface area (TPSA) is 91.1 Å². The Morgan fingerprint density at radius 3 is 2.44 bits per heavy atom. The lowest BCUT2D eigenvalue weighted by Gasteiger charge is -2.31. The van der Waals surface area contributed by atoms with Crippen LogP contribution in [0.4, 0.5) is 24.9 Å². The lowest BCUT2D eigenvalue weighted by atomic mass is 9.98. The predicted molar refractivity (Wildman–Crippen MR) is 122 cm³/mol. The number of rotatable bonds is 6. The van der Waals surface area contributed by atoms with Crippen molar-refractivity contribution in [2.45, 2.75) is 58.3 Å². The molecule has 1 saturated heterocycles. The van der Waals surface area contributed by atoms with Crippen molar-refractivity contribution >= 4 is 11.8 Å². The fourth-order valence-electron chi connectivity index (χ4n) is 4.35. The molecule has 3 heterocycles. The number of aliphatic hydroxyl groups excluding tert-OH is 1. The molecular formula is C23H28F3N7O. The van der Waals surface area contributed by atoms with E-state index in [0.29, 0.717) is 29.1 Å². The van der Waals surface area contributed by atoms with E-state index in [1.54, 1.807) is 29.4 Å². The Kier molecular flexibility index (Phi) is 6.50. The number of aliphatic hydroxyl groups is 1. The fourth-order valence-corrected chi connectivity index (χ4v) is 4.35. The number of imidazole rings is 1. The molecule has 4 atom stereocenters. The number of alkyl halides is 3. The Hall–Kier alpha value is -3.18. The van der Waals surface area contributed by atoms with Crippen LogP contribution in [0, 0.1) is 5.92 Å². The summed E-state index contributed by atoms with van der Waals surface area (Å²) >= 11 is 0. The molecule has 3 aromatic rings. The van der Waals surface area contributed by atoms with Gasteiger partial charge in [-0.25, -0.2) is 9.97 Å². The van der Waals surface area contributed by atoms with Crippen LogP contribution in [0.5, 0.6) is 0 Å². The van der Waals surface area contributed by atoms with Gasteiger partial charge in [-0.15, -0.1) is 0 Å². The minimum Gasteiger partial charge on any atom is -0.361 e. The van der Waals surface area contributed by atoms with Crippen LogP contribution >= 0.6 is 0 Å². The van der Waals surface area contributed by atoms with Gasteiger partial charge in [0.1, 0.15) is 5.82 Å². The highest BCUT2D eigenvalue weighted by Gasteiger charge is 2.40. The number of hydrogen-bond donors (Lipinski definition) is 3. The zero-order valence-corrected chi connectivity index (χ0v) is 19.3. The molecule has 0 saturated carbocycles. The number of aromatic nitrogens is 4. The van der Waals surface area contributed by atoms with Gasteiger partial charge in [0.2, 0.25) is 5.95 Å². The van der Waals surface area contributed by atoms with Crippen LogP contribution < -0.4 is 15.5 Å². The fraction of sp³-hybridized carbons (Fsp3) is 0.435. The molecule has 182 valence electrons. The van der Waals surface area contributed by atoms with Crippen LogP contribution in [0.3, 0.4) is 0 Å². The van der Waals surface area contributed by atoms with Crippen molar-refractivity contribution in [2.24, 2.45) is 5.92 Å². The summed E-state index contributed by atoms with van der Waals surface area (Å²) in [7, 11) is 0. The first kappa shape index (κ1) is 24.0.